The van der Waals surface area contributed by atoms with E-state index in [1.165, 1.54) is 11.1 Å². The van der Waals surface area contributed by atoms with Crippen molar-refractivity contribution in [2.75, 3.05) is 13.1 Å². The molecule has 0 bridgehead atoms. The Bertz CT molecular complexity index is 689. The third kappa shape index (κ3) is 5.47. The van der Waals surface area contributed by atoms with Gasteiger partial charge in [-0.15, -0.1) is 0 Å². The second-order valence-corrected chi connectivity index (χ2v) is 8.14. The van der Waals surface area contributed by atoms with Gasteiger partial charge in [-0.1, -0.05) is 48.0 Å². The fourth-order valence-corrected chi connectivity index (χ4v) is 4.51. The molecular formula is C24H36INO. The number of aryl methyl sites for hydroxylation is 1. The Labute approximate surface area is 183 Å². The van der Waals surface area contributed by atoms with Crippen LogP contribution in [0.25, 0.3) is 0 Å². The molecule has 2 nitrogen and oxygen atoms in total. The molecule has 0 aromatic heterocycles. The summed E-state index contributed by atoms with van der Waals surface area (Å²) in [4.78, 5) is 0. The highest BCUT2D eigenvalue weighted by Crippen LogP contribution is 2.36. The third-order valence-corrected chi connectivity index (χ3v) is 6.24. The standard InChI is InChI=1S/C24H35NO.HI/c1-7-25(18(2)3,19(4)5)16-15-22(21-11-9-8-10-12-21)23-17-20(6)13-14-24(23)26;/h8-14,17-19,22H,7,15-16H2,1-6H3;1H/t22-;/m1./s1. The van der Waals surface area contributed by atoms with E-state index >= 15 is 0 Å². The van der Waals surface area contributed by atoms with Crippen molar-refractivity contribution in [3.05, 3.63) is 65.2 Å². The van der Waals surface area contributed by atoms with E-state index in [0.717, 1.165) is 29.6 Å². The van der Waals surface area contributed by atoms with Crippen molar-refractivity contribution in [3.8, 4) is 5.75 Å². The van der Waals surface area contributed by atoms with Crippen LogP contribution in [0.15, 0.2) is 48.5 Å². The van der Waals surface area contributed by atoms with Gasteiger partial charge in [0.15, 0.2) is 0 Å². The van der Waals surface area contributed by atoms with Crippen molar-refractivity contribution in [2.24, 2.45) is 0 Å². The SMILES string of the molecule is CC[N+](CC[C@H](c1ccccc1)c1cc(C)ccc1O)(C(C)C)C(C)C.[I-]. The molecule has 0 aliphatic heterocycles. The zero-order valence-corrected chi connectivity index (χ0v) is 19.9. The van der Waals surface area contributed by atoms with Crippen LogP contribution in [0.3, 0.4) is 0 Å². The average Bonchev–Trinajstić information content (AvgIpc) is 2.61. The number of phenols is 1. The zero-order valence-electron chi connectivity index (χ0n) is 17.7. The van der Waals surface area contributed by atoms with Crippen LogP contribution in [-0.4, -0.2) is 34.8 Å². The van der Waals surface area contributed by atoms with Gasteiger partial charge < -0.3 is 33.6 Å². The molecule has 0 fully saturated rings. The molecule has 150 valence electrons. The van der Waals surface area contributed by atoms with Crippen LogP contribution in [0, 0.1) is 6.92 Å². The number of hydrogen-bond acceptors (Lipinski definition) is 1. The van der Waals surface area contributed by atoms with E-state index in [1.54, 1.807) is 0 Å². The molecule has 0 heterocycles. The summed E-state index contributed by atoms with van der Waals surface area (Å²) < 4.78 is 1.11. The van der Waals surface area contributed by atoms with Crippen LogP contribution in [-0.2, 0) is 0 Å². The van der Waals surface area contributed by atoms with Gasteiger partial charge in [-0.25, -0.2) is 0 Å². The van der Waals surface area contributed by atoms with Crippen LogP contribution in [0.5, 0.6) is 5.75 Å². The van der Waals surface area contributed by atoms with Crippen LogP contribution in [0.4, 0.5) is 0 Å². The van der Waals surface area contributed by atoms with Gasteiger partial charge in [0.05, 0.1) is 25.2 Å². The molecule has 0 amide bonds. The van der Waals surface area contributed by atoms with Gasteiger partial charge in [-0.2, -0.15) is 0 Å². The summed E-state index contributed by atoms with van der Waals surface area (Å²) in [7, 11) is 0. The molecule has 1 N–H and O–H groups in total. The Morgan fingerprint density at radius 3 is 2.04 bits per heavy atom. The number of nitrogens with zero attached hydrogens (tertiary/aromatic N) is 1. The molecule has 2 aromatic rings. The van der Waals surface area contributed by atoms with E-state index in [-0.39, 0.29) is 29.9 Å². The first kappa shape index (κ1) is 24.0. The van der Waals surface area contributed by atoms with E-state index < -0.39 is 0 Å². The number of quaternary nitrogens is 1. The summed E-state index contributed by atoms with van der Waals surface area (Å²) in [6.45, 7) is 16.0. The maximum absolute atomic E-state index is 10.6. The molecule has 2 aromatic carbocycles. The molecule has 0 spiro atoms. The summed E-state index contributed by atoms with van der Waals surface area (Å²) in [6, 6.07) is 17.8. The lowest BCUT2D eigenvalue weighted by Gasteiger charge is -2.46. The summed E-state index contributed by atoms with van der Waals surface area (Å²) in [5, 5.41) is 10.6. The quantitative estimate of drug-likeness (QED) is 0.454. The van der Waals surface area contributed by atoms with Crippen LogP contribution >= 0.6 is 0 Å². The minimum absolute atomic E-state index is 0. The van der Waals surface area contributed by atoms with Gasteiger partial charge in [-0.05, 0) is 53.2 Å². The Balaban J connectivity index is 0.00000364. The minimum Gasteiger partial charge on any atom is -1.00 e. The van der Waals surface area contributed by atoms with Gasteiger partial charge in [0, 0.05) is 17.9 Å². The van der Waals surface area contributed by atoms with Crippen LogP contribution in [0.2, 0.25) is 0 Å². The fraction of sp³-hybridized carbons (Fsp3) is 0.500. The van der Waals surface area contributed by atoms with Crippen LogP contribution in [0.1, 0.15) is 63.6 Å². The van der Waals surface area contributed by atoms with Gasteiger partial charge in [0.2, 0.25) is 0 Å². The lowest BCUT2D eigenvalue weighted by Crippen LogP contribution is -3.00. The monoisotopic (exact) mass is 481 g/mol. The van der Waals surface area contributed by atoms with Crippen molar-refractivity contribution in [1.82, 2.24) is 0 Å². The van der Waals surface area contributed by atoms with E-state index in [1.807, 2.05) is 12.1 Å². The Morgan fingerprint density at radius 2 is 1.52 bits per heavy atom. The lowest BCUT2D eigenvalue weighted by molar-refractivity contribution is -0.965. The van der Waals surface area contributed by atoms with E-state index in [4.69, 9.17) is 0 Å². The largest absolute Gasteiger partial charge is 1.00 e. The molecule has 0 aliphatic rings. The van der Waals surface area contributed by atoms with Crippen LogP contribution < -0.4 is 24.0 Å². The molecule has 0 saturated carbocycles. The number of halogens is 1. The van der Waals surface area contributed by atoms with E-state index in [9.17, 15) is 5.11 Å². The molecule has 1 atom stereocenters. The van der Waals surface area contributed by atoms with Gasteiger partial charge in [0.25, 0.3) is 0 Å². The van der Waals surface area contributed by atoms with Crippen molar-refractivity contribution in [3.63, 3.8) is 0 Å². The minimum atomic E-state index is 0. The van der Waals surface area contributed by atoms with Gasteiger partial charge in [-0.3, -0.25) is 0 Å². The molecule has 0 saturated heterocycles. The first-order valence-corrected chi connectivity index (χ1v) is 10.0. The van der Waals surface area contributed by atoms with Crippen molar-refractivity contribution < 1.29 is 33.6 Å². The topological polar surface area (TPSA) is 20.2 Å². The van der Waals surface area contributed by atoms with Crippen molar-refractivity contribution >= 4 is 0 Å². The predicted molar refractivity (Wildman–Crippen MR) is 112 cm³/mol. The Morgan fingerprint density at radius 1 is 0.926 bits per heavy atom. The maximum Gasteiger partial charge on any atom is 0.119 e. The summed E-state index contributed by atoms with van der Waals surface area (Å²) >= 11 is 0. The molecule has 0 radical (unpaired) electrons. The van der Waals surface area contributed by atoms with Gasteiger partial charge in [0.1, 0.15) is 5.75 Å². The Hall–Kier alpha value is -1.07. The van der Waals surface area contributed by atoms with E-state index in [0.29, 0.717) is 17.8 Å². The second kappa shape index (κ2) is 10.5. The van der Waals surface area contributed by atoms with Crippen molar-refractivity contribution in [2.45, 2.75) is 66.0 Å². The highest BCUT2D eigenvalue weighted by atomic mass is 127. The zero-order chi connectivity index (χ0) is 19.3. The Kier molecular flexibility index (Phi) is 9.29. The first-order valence-electron chi connectivity index (χ1n) is 10.0. The lowest BCUT2D eigenvalue weighted by atomic mass is 9.86. The predicted octanol–water partition coefficient (Wildman–Crippen LogP) is 2.88. The second-order valence-electron chi connectivity index (χ2n) is 8.14. The molecular weight excluding hydrogens is 445 g/mol. The highest BCUT2D eigenvalue weighted by Gasteiger charge is 2.34. The average molecular weight is 481 g/mol. The maximum atomic E-state index is 10.6. The number of rotatable bonds is 8. The highest BCUT2D eigenvalue weighted by molar-refractivity contribution is 5.43. The number of phenolic OH excluding ortho intramolecular Hbond substituents is 1. The van der Waals surface area contributed by atoms with E-state index in [2.05, 4.69) is 77.9 Å². The summed E-state index contributed by atoms with van der Waals surface area (Å²) in [5.74, 6) is 0.630. The molecule has 3 heteroatoms. The molecule has 0 aliphatic carbocycles. The number of aromatic hydroxyl groups is 1. The smallest absolute Gasteiger partial charge is 0.119 e. The molecule has 27 heavy (non-hydrogen) atoms. The number of benzene rings is 2. The van der Waals surface area contributed by atoms with Gasteiger partial charge >= 0.3 is 0 Å². The van der Waals surface area contributed by atoms with Crippen molar-refractivity contribution in [1.29, 1.82) is 0 Å². The third-order valence-electron chi connectivity index (χ3n) is 6.24. The normalized spacial score (nSPS) is 12.9. The number of hydrogen-bond donors (Lipinski definition) is 1. The summed E-state index contributed by atoms with van der Waals surface area (Å²) in [5.41, 5.74) is 3.54. The first-order chi connectivity index (χ1) is 12.3. The molecule has 2 rings (SSSR count). The summed E-state index contributed by atoms with van der Waals surface area (Å²) in [6.07, 6.45) is 1.03. The fourth-order valence-electron chi connectivity index (χ4n) is 4.51. The molecule has 0 unspecified atom stereocenters.